The van der Waals surface area contributed by atoms with Crippen LogP contribution in [0.1, 0.15) is 42.2 Å². The van der Waals surface area contributed by atoms with Crippen molar-refractivity contribution in [3.8, 4) is 0 Å². The van der Waals surface area contributed by atoms with Gasteiger partial charge in [-0.2, -0.15) is 0 Å². The standard InChI is InChI=1S/C12H22O4/c1-11(13-3)12(2,14-4)16-10-8-6-5-7-9(10)15-11/h9-10H,5-8H2,1-4H3/t9?,10?,11-,12-/m1/s1/i7D,8D/t7-,8+,9?,10?,11-,12-. The summed E-state index contributed by atoms with van der Waals surface area (Å²) >= 11 is 0. The van der Waals surface area contributed by atoms with Gasteiger partial charge >= 0.3 is 0 Å². The first-order chi connectivity index (χ1) is 8.37. The molecule has 4 heteroatoms. The molecule has 1 saturated heterocycles. The minimum Gasteiger partial charge on any atom is -0.349 e. The molecule has 16 heavy (non-hydrogen) atoms. The quantitative estimate of drug-likeness (QED) is 0.730. The Kier molecular flexibility index (Phi) is 2.61. The lowest BCUT2D eigenvalue weighted by Crippen LogP contribution is -2.65. The predicted octanol–water partition coefficient (Wildman–Crippen LogP) is 2.07. The van der Waals surface area contributed by atoms with E-state index in [9.17, 15) is 0 Å². The van der Waals surface area contributed by atoms with Crippen molar-refractivity contribution in [2.45, 2.75) is 63.3 Å². The van der Waals surface area contributed by atoms with Crippen LogP contribution in [0.25, 0.3) is 0 Å². The fourth-order valence-electron chi connectivity index (χ4n) is 2.22. The highest BCUT2D eigenvalue weighted by atomic mass is 16.8. The van der Waals surface area contributed by atoms with Gasteiger partial charge in [0, 0.05) is 17.0 Å². The average Bonchev–Trinajstić information content (AvgIpc) is 2.36. The van der Waals surface area contributed by atoms with E-state index < -0.39 is 23.8 Å². The lowest BCUT2D eigenvalue weighted by molar-refractivity contribution is -0.450. The molecule has 2 fully saturated rings. The summed E-state index contributed by atoms with van der Waals surface area (Å²) in [5.74, 6) is -2.14. The van der Waals surface area contributed by atoms with Gasteiger partial charge < -0.3 is 18.9 Å². The lowest BCUT2D eigenvalue weighted by atomic mass is 9.91. The Morgan fingerprint density at radius 1 is 1.00 bits per heavy atom. The zero-order valence-electron chi connectivity index (χ0n) is 12.4. The molecule has 2 rings (SSSR count). The summed E-state index contributed by atoms with van der Waals surface area (Å²) in [4.78, 5) is 0. The van der Waals surface area contributed by atoms with Gasteiger partial charge in [0.15, 0.2) is 0 Å². The molecular formula is C12H22O4. The molecular weight excluding hydrogens is 208 g/mol. The summed E-state index contributed by atoms with van der Waals surface area (Å²) in [6, 6.07) is 0. The number of rotatable bonds is 2. The van der Waals surface area contributed by atoms with Crippen molar-refractivity contribution in [2.75, 3.05) is 14.2 Å². The maximum absolute atomic E-state index is 8.04. The third-order valence-electron chi connectivity index (χ3n) is 3.61. The second-order valence-electron chi connectivity index (χ2n) is 4.51. The van der Waals surface area contributed by atoms with E-state index in [-0.39, 0.29) is 12.8 Å². The largest absolute Gasteiger partial charge is 0.349 e. The van der Waals surface area contributed by atoms with Crippen LogP contribution in [-0.2, 0) is 18.9 Å². The first-order valence-electron chi connectivity index (χ1n) is 6.83. The fraction of sp³-hybridized carbons (Fsp3) is 1.00. The molecule has 1 aliphatic carbocycles. The van der Waals surface area contributed by atoms with Gasteiger partial charge in [0.1, 0.15) is 0 Å². The van der Waals surface area contributed by atoms with Gasteiger partial charge in [-0.05, 0) is 26.6 Å². The number of methoxy groups -OCH3 is 2. The molecule has 0 bridgehead atoms. The van der Waals surface area contributed by atoms with Gasteiger partial charge in [0.2, 0.25) is 11.6 Å². The van der Waals surface area contributed by atoms with Crippen LogP contribution in [-0.4, -0.2) is 38.0 Å². The Hall–Kier alpha value is -0.160. The van der Waals surface area contributed by atoms with Gasteiger partial charge in [-0.1, -0.05) is 12.8 Å². The van der Waals surface area contributed by atoms with E-state index in [0.717, 1.165) is 0 Å². The monoisotopic (exact) mass is 232 g/mol. The van der Waals surface area contributed by atoms with Crippen LogP contribution in [0.2, 0.25) is 0 Å². The fourth-order valence-corrected chi connectivity index (χ4v) is 2.22. The average molecular weight is 232 g/mol. The first-order valence-corrected chi connectivity index (χ1v) is 5.67. The van der Waals surface area contributed by atoms with E-state index >= 15 is 0 Å². The molecule has 0 radical (unpaired) electrons. The third kappa shape index (κ3) is 1.78. The zero-order valence-corrected chi connectivity index (χ0v) is 10.4. The molecule has 0 aromatic heterocycles. The van der Waals surface area contributed by atoms with E-state index in [1.807, 2.05) is 0 Å². The second-order valence-corrected chi connectivity index (χ2v) is 4.51. The molecule has 0 aromatic carbocycles. The Morgan fingerprint density at radius 3 is 1.69 bits per heavy atom. The van der Waals surface area contributed by atoms with Crippen molar-refractivity contribution in [1.29, 1.82) is 0 Å². The van der Waals surface area contributed by atoms with Gasteiger partial charge in [0.25, 0.3) is 0 Å². The van der Waals surface area contributed by atoms with Crippen LogP contribution in [0.5, 0.6) is 0 Å². The molecule has 0 N–H and O–H groups in total. The Labute approximate surface area is 100 Å². The van der Waals surface area contributed by atoms with Crippen LogP contribution in [0.3, 0.4) is 0 Å². The normalized spacial score (nSPS) is 59.8. The van der Waals surface area contributed by atoms with E-state index in [4.69, 9.17) is 21.7 Å². The molecule has 2 unspecified atom stereocenters. The maximum Gasteiger partial charge on any atom is 0.220 e. The van der Waals surface area contributed by atoms with Gasteiger partial charge in [-0.25, -0.2) is 0 Å². The number of fused-ring (bicyclic) bond motifs is 1. The van der Waals surface area contributed by atoms with Crippen molar-refractivity contribution in [3.05, 3.63) is 0 Å². The minimum absolute atomic E-state index is 0.382. The molecule has 0 aromatic rings. The maximum atomic E-state index is 8.04. The van der Waals surface area contributed by atoms with Crippen molar-refractivity contribution in [2.24, 2.45) is 0 Å². The molecule has 4 nitrogen and oxygen atoms in total. The predicted molar refractivity (Wildman–Crippen MR) is 59.0 cm³/mol. The number of hydrogen-bond donors (Lipinski definition) is 0. The molecule has 1 aliphatic heterocycles. The van der Waals surface area contributed by atoms with E-state index in [1.165, 1.54) is 14.2 Å². The van der Waals surface area contributed by atoms with Gasteiger partial charge in [0.05, 0.1) is 12.2 Å². The van der Waals surface area contributed by atoms with Crippen LogP contribution in [0.15, 0.2) is 0 Å². The molecule has 6 atom stereocenters. The Balaban J connectivity index is 2.29. The summed E-state index contributed by atoms with van der Waals surface area (Å²) in [6.07, 6.45) is -0.325. The van der Waals surface area contributed by atoms with Crippen LogP contribution < -0.4 is 0 Å². The zero-order chi connectivity index (χ0) is 13.6. The summed E-state index contributed by atoms with van der Waals surface area (Å²) in [7, 11) is 3.06. The highest BCUT2D eigenvalue weighted by Gasteiger charge is 2.56. The van der Waals surface area contributed by atoms with Crippen molar-refractivity contribution in [3.63, 3.8) is 0 Å². The van der Waals surface area contributed by atoms with Crippen molar-refractivity contribution >= 4 is 0 Å². The summed E-state index contributed by atoms with van der Waals surface area (Å²) in [5, 5.41) is 0. The molecule has 1 saturated carbocycles. The van der Waals surface area contributed by atoms with E-state index in [2.05, 4.69) is 0 Å². The van der Waals surface area contributed by atoms with Crippen LogP contribution in [0.4, 0.5) is 0 Å². The highest BCUT2D eigenvalue weighted by molar-refractivity contribution is 4.92. The number of hydrogen-bond acceptors (Lipinski definition) is 4. The Morgan fingerprint density at radius 2 is 1.38 bits per heavy atom. The highest BCUT2D eigenvalue weighted by Crippen LogP contribution is 2.42. The molecule has 2 aliphatic rings. The summed E-state index contributed by atoms with van der Waals surface area (Å²) in [5.41, 5.74) is 0. The lowest BCUT2D eigenvalue weighted by Gasteiger charge is -2.53. The summed E-state index contributed by atoms with van der Waals surface area (Å²) < 4.78 is 38.8. The first kappa shape index (κ1) is 9.83. The van der Waals surface area contributed by atoms with E-state index in [1.54, 1.807) is 13.8 Å². The molecule has 1 heterocycles. The van der Waals surface area contributed by atoms with Crippen molar-refractivity contribution < 1.29 is 21.7 Å². The van der Waals surface area contributed by atoms with E-state index in [0.29, 0.717) is 12.8 Å². The van der Waals surface area contributed by atoms with Crippen LogP contribution >= 0.6 is 0 Å². The molecule has 94 valence electrons. The smallest absolute Gasteiger partial charge is 0.220 e. The summed E-state index contributed by atoms with van der Waals surface area (Å²) in [6.45, 7) is 3.49. The van der Waals surface area contributed by atoms with Crippen molar-refractivity contribution in [1.82, 2.24) is 0 Å². The minimum atomic E-state index is -1.07. The Bertz CT molecular complexity index is 286. The van der Waals surface area contributed by atoms with Gasteiger partial charge in [-0.3, -0.25) is 0 Å². The number of ether oxygens (including phenoxy) is 4. The van der Waals surface area contributed by atoms with Crippen LogP contribution in [0, 0.1) is 0 Å². The van der Waals surface area contributed by atoms with Gasteiger partial charge in [-0.15, -0.1) is 0 Å². The third-order valence-corrected chi connectivity index (χ3v) is 3.61. The SMILES string of the molecule is [2H][C@@H]1CC[C@H]([2H])C2O[C@@](C)(OC)[C@](C)(OC)OC21. The topological polar surface area (TPSA) is 36.9 Å². The second kappa shape index (κ2) is 4.26. The molecule has 0 spiro atoms. The molecule has 0 amide bonds.